The van der Waals surface area contributed by atoms with E-state index in [0.717, 1.165) is 11.5 Å². The molecule has 0 radical (unpaired) electrons. The zero-order valence-electron chi connectivity index (χ0n) is 5.33. The Bertz CT molecular complexity index is 250. The molecule has 0 unspecified atom stereocenters. The monoisotopic (exact) mass is 137 g/mol. The van der Waals surface area contributed by atoms with Gasteiger partial charge in [-0.1, -0.05) is 0 Å². The summed E-state index contributed by atoms with van der Waals surface area (Å²) >= 11 is 0. The highest BCUT2D eigenvalue weighted by Gasteiger charge is 2.16. The summed E-state index contributed by atoms with van der Waals surface area (Å²) in [5, 5.41) is 0. The SMILES string of the molecule is NC1=COC2=CCOC2=C1. The van der Waals surface area contributed by atoms with Crippen molar-refractivity contribution in [3.63, 3.8) is 0 Å². The van der Waals surface area contributed by atoms with Crippen molar-refractivity contribution in [2.45, 2.75) is 0 Å². The minimum Gasteiger partial charge on any atom is -0.485 e. The molecule has 0 aromatic carbocycles. The zero-order chi connectivity index (χ0) is 6.97. The third-order valence-corrected chi connectivity index (χ3v) is 1.37. The molecule has 0 saturated heterocycles. The van der Waals surface area contributed by atoms with Crippen LogP contribution < -0.4 is 5.73 Å². The third-order valence-electron chi connectivity index (χ3n) is 1.37. The first-order valence-electron chi connectivity index (χ1n) is 3.03. The van der Waals surface area contributed by atoms with E-state index in [0.29, 0.717) is 12.3 Å². The molecule has 0 bridgehead atoms. The largest absolute Gasteiger partial charge is 0.485 e. The molecule has 10 heavy (non-hydrogen) atoms. The van der Waals surface area contributed by atoms with Crippen molar-refractivity contribution in [3.8, 4) is 0 Å². The van der Waals surface area contributed by atoms with Gasteiger partial charge in [-0.3, -0.25) is 0 Å². The van der Waals surface area contributed by atoms with E-state index < -0.39 is 0 Å². The Hall–Kier alpha value is -1.38. The molecule has 2 N–H and O–H groups in total. The van der Waals surface area contributed by atoms with Crippen molar-refractivity contribution in [3.05, 3.63) is 35.6 Å². The highest BCUT2D eigenvalue weighted by atomic mass is 16.5. The normalized spacial score (nSPS) is 21.4. The Morgan fingerprint density at radius 2 is 2.30 bits per heavy atom. The summed E-state index contributed by atoms with van der Waals surface area (Å²) in [5.41, 5.74) is 6.03. The van der Waals surface area contributed by atoms with Gasteiger partial charge in [-0.05, 0) is 6.08 Å². The highest BCUT2D eigenvalue weighted by molar-refractivity contribution is 5.34. The maximum atomic E-state index is 5.44. The van der Waals surface area contributed by atoms with E-state index in [4.69, 9.17) is 15.2 Å². The maximum Gasteiger partial charge on any atom is 0.167 e. The molecule has 0 saturated carbocycles. The Morgan fingerprint density at radius 3 is 3.20 bits per heavy atom. The maximum absolute atomic E-state index is 5.44. The van der Waals surface area contributed by atoms with Crippen LogP contribution in [0.25, 0.3) is 0 Å². The summed E-state index contributed by atoms with van der Waals surface area (Å²) in [7, 11) is 0. The van der Waals surface area contributed by atoms with E-state index in [1.165, 1.54) is 6.26 Å². The molecule has 0 aromatic rings. The standard InChI is InChI=1S/C7H7NO2/c8-5-3-7-6(10-4-5)1-2-9-7/h1,3-4H,2,8H2. The average Bonchev–Trinajstić information content (AvgIpc) is 2.33. The van der Waals surface area contributed by atoms with E-state index in [9.17, 15) is 0 Å². The Labute approximate surface area is 58.4 Å². The van der Waals surface area contributed by atoms with Gasteiger partial charge in [0.25, 0.3) is 0 Å². The van der Waals surface area contributed by atoms with E-state index in [2.05, 4.69) is 0 Å². The van der Waals surface area contributed by atoms with Gasteiger partial charge < -0.3 is 15.2 Å². The van der Waals surface area contributed by atoms with Gasteiger partial charge in [-0.15, -0.1) is 0 Å². The molecule has 3 heteroatoms. The van der Waals surface area contributed by atoms with Crippen LogP contribution in [-0.2, 0) is 9.47 Å². The van der Waals surface area contributed by atoms with E-state index >= 15 is 0 Å². The number of hydrogen-bond donors (Lipinski definition) is 1. The molecule has 52 valence electrons. The molecule has 2 aliphatic heterocycles. The molecule has 3 nitrogen and oxygen atoms in total. The Kier molecular flexibility index (Phi) is 0.974. The van der Waals surface area contributed by atoms with Crippen molar-refractivity contribution >= 4 is 0 Å². The molecule has 0 aliphatic carbocycles. The van der Waals surface area contributed by atoms with Crippen LogP contribution in [0.2, 0.25) is 0 Å². The van der Waals surface area contributed by atoms with Crippen LogP contribution in [0.3, 0.4) is 0 Å². The van der Waals surface area contributed by atoms with Gasteiger partial charge in [0.2, 0.25) is 0 Å². The van der Waals surface area contributed by atoms with Crippen LogP contribution in [0.15, 0.2) is 35.6 Å². The van der Waals surface area contributed by atoms with Gasteiger partial charge in [0.05, 0.1) is 5.70 Å². The van der Waals surface area contributed by atoms with E-state index in [1.807, 2.05) is 6.08 Å². The minimum atomic E-state index is 0.586. The molecule has 2 rings (SSSR count). The predicted octanol–water partition coefficient (Wildman–Crippen LogP) is 0.615. The molecule has 0 amide bonds. The van der Waals surface area contributed by atoms with Crippen LogP contribution in [0, 0.1) is 0 Å². The van der Waals surface area contributed by atoms with Crippen LogP contribution in [-0.4, -0.2) is 6.61 Å². The van der Waals surface area contributed by atoms with Crippen molar-refractivity contribution in [1.29, 1.82) is 0 Å². The van der Waals surface area contributed by atoms with Crippen molar-refractivity contribution < 1.29 is 9.47 Å². The quantitative estimate of drug-likeness (QED) is 0.532. The molecule has 0 fully saturated rings. The lowest BCUT2D eigenvalue weighted by Gasteiger charge is -2.09. The Balaban J connectivity index is 2.36. The molecular weight excluding hydrogens is 130 g/mol. The molecule has 2 aliphatic rings. The molecule has 0 atom stereocenters. The molecular formula is C7H7NO2. The number of hydrogen-bond acceptors (Lipinski definition) is 3. The van der Waals surface area contributed by atoms with Crippen molar-refractivity contribution in [2.75, 3.05) is 6.61 Å². The molecule has 0 spiro atoms. The number of nitrogens with two attached hydrogens (primary N) is 1. The van der Waals surface area contributed by atoms with Crippen LogP contribution in [0.5, 0.6) is 0 Å². The van der Waals surface area contributed by atoms with Gasteiger partial charge in [0.1, 0.15) is 12.9 Å². The summed E-state index contributed by atoms with van der Waals surface area (Å²) in [6, 6.07) is 0. The smallest absolute Gasteiger partial charge is 0.167 e. The first kappa shape index (κ1) is 5.41. The lowest BCUT2D eigenvalue weighted by atomic mass is 10.3. The number of rotatable bonds is 0. The highest BCUT2D eigenvalue weighted by Crippen LogP contribution is 2.24. The van der Waals surface area contributed by atoms with E-state index in [-0.39, 0.29) is 0 Å². The van der Waals surface area contributed by atoms with Gasteiger partial charge in [-0.25, -0.2) is 0 Å². The van der Waals surface area contributed by atoms with Gasteiger partial charge in [0.15, 0.2) is 11.5 Å². The minimum absolute atomic E-state index is 0.586. The summed E-state index contributed by atoms with van der Waals surface area (Å²) in [6.45, 7) is 0.586. The van der Waals surface area contributed by atoms with Gasteiger partial charge in [-0.2, -0.15) is 0 Å². The molecule has 2 heterocycles. The lowest BCUT2D eigenvalue weighted by molar-refractivity contribution is 0.241. The summed E-state index contributed by atoms with van der Waals surface area (Å²) < 4.78 is 10.2. The second-order valence-corrected chi connectivity index (χ2v) is 2.12. The number of allylic oxidation sites excluding steroid dienone is 1. The van der Waals surface area contributed by atoms with Crippen LogP contribution in [0.4, 0.5) is 0 Å². The molecule has 0 aromatic heterocycles. The Morgan fingerprint density at radius 1 is 1.40 bits per heavy atom. The second kappa shape index (κ2) is 1.80. The number of fused-ring (bicyclic) bond motifs is 1. The number of ether oxygens (including phenoxy) is 2. The fraction of sp³-hybridized carbons (Fsp3) is 0.143. The average molecular weight is 137 g/mol. The summed E-state index contributed by atoms with van der Waals surface area (Å²) in [6.07, 6.45) is 5.13. The predicted molar refractivity (Wildman–Crippen MR) is 35.5 cm³/mol. The van der Waals surface area contributed by atoms with Crippen LogP contribution >= 0.6 is 0 Å². The van der Waals surface area contributed by atoms with Crippen LogP contribution in [0.1, 0.15) is 0 Å². The zero-order valence-corrected chi connectivity index (χ0v) is 5.33. The van der Waals surface area contributed by atoms with Gasteiger partial charge >= 0.3 is 0 Å². The first-order chi connectivity index (χ1) is 4.86. The first-order valence-corrected chi connectivity index (χ1v) is 3.03. The van der Waals surface area contributed by atoms with Crippen molar-refractivity contribution in [2.24, 2.45) is 5.73 Å². The lowest BCUT2D eigenvalue weighted by Crippen LogP contribution is -2.02. The summed E-state index contributed by atoms with van der Waals surface area (Å²) in [5.74, 6) is 1.51. The summed E-state index contributed by atoms with van der Waals surface area (Å²) in [4.78, 5) is 0. The van der Waals surface area contributed by atoms with E-state index in [1.54, 1.807) is 6.08 Å². The third kappa shape index (κ3) is 0.673. The topological polar surface area (TPSA) is 44.5 Å². The fourth-order valence-corrected chi connectivity index (χ4v) is 0.915. The second-order valence-electron chi connectivity index (χ2n) is 2.12. The van der Waals surface area contributed by atoms with Gasteiger partial charge in [0, 0.05) is 6.08 Å². The fourth-order valence-electron chi connectivity index (χ4n) is 0.915. The van der Waals surface area contributed by atoms with Crippen molar-refractivity contribution in [1.82, 2.24) is 0 Å².